The van der Waals surface area contributed by atoms with Gasteiger partial charge < -0.3 is 31.3 Å². The third-order valence-electron chi connectivity index (χ3n) is 10.1. The standard InChI is InChI=1S/C36H63N6O8PSi2/c1-21(2)33(43)39-36-38-32-28(34(44)40-36)16-18-41(32)35-31(48-51(45-19-15-17-37)42(22(3)4)23(5)6)30-29(47-35)20-46-52(24(7)8,25(9)10)50-53(49-30,26(11)12)27(13)14/h16,18,21-27,29-31,35H,15,19-20H2,1-14H3,(H2,38,39,40,43,44)/t29-,30-,31-,35-,51?/m1/s1. The molecule has 2 saturated heterocycles. The minimum atomic E-state index is -3.12. The zero-order chi connectivity index (χ0) is 39.6. The number of ether oxygens (including phenoxy) is 1. The molecule has 4 rings (SSSR count). The van der Waals surface area contributed by atoms with Crippen LogP contribution in [0.1, 0.15) is 110 Å². The van der Waals surface area contributed by atoms with Gasteiger partial charge in [0.1, 0.15) is 18.3 Å². The molecular formula is C36H63N6O8PSi2. The number of hydrogen-bond donors (Lipinski definition) is 2. The minimum absolute atomic E-state index is 0.0409. The molecule has 17 heteroatoms. The first-order valence-electron chi connectivity index (χ1n) is 19.1. The minimum Gasteiger partial charge on any atom is -0.414 e. The molecule has 4 heterocycles. The summed E-state index contributed by atoms with van der Waals surface area (Å²) in [6.45, 7) is 29.7. The van der Waals surface area contributed by atoms with E-state index < -0.39 is 55.7 Å². The summed E-state index contributed by atoms with van der Waals surface area (Å²) in [7, 11) is -7.75. The zero-order valence-electron chi connectivity index (χ0n) is 34.1. The van der Waals surface area contributed by atoms with Crippen molar-refractivity contribution in [2.45, 2.75) is 162 Å². The maximum Gasteiger partial charge on any atom is 0.335 e. The molecule has 2 aliphatic heterocycles. The van der Waals surface area contributed by atoms with Gasteiger partial charge in [-0.2, -0.15) is 10.2 Å². The molecular weight excluding hydrogens is 732 g/mol. The van der Waals surface area contributed by atoms with Crippen LogP contribution in [-0.2, 0) is 31.5 Å². The number of rotatable bonds is 15. The van der Waals surface area contributed by atoms with Gasteiger partial charge in [0.15, 0.2) is 11.9 Å². The van der Waals surface area contributed by atoms with Gasteiger partial charge >= 0.3 is 17.1 Å². The lowest BCUT2D eigenvalue weighted by molar-refractivity contribution is -0.118. The number of aromatic nitrogens is 3. The van der Waals surface area contributed by atoms with Gasteiger partial charge in [0.05, 0.1) is 31.1 Å². The molecule has 0 aliphatic carbocycles. The lowest BCUT2D eigenvalue weighted by Gasteiger charge is -2.51. The number of nitriles is 1. The van der Waals surface area contributed by atoms with E-state index in [0.717, 1.165) is 0 Å². The molecule has 2 aromatic rings. The van der Waals surface area contributed by atoms with Gasteiger partial charge in [-0.3, -0.25) is 19.9 Å². The Bertz CT molecular complexity index is 1620. The van der Waals surface area contributed by atoms with Crippen LogP contribution < -0.4 is 10.9 Å². The molecule has 0 bridgehead atoms. The van der Waals surface area contributed by atoms with E-state index in [-0.39, 0.29) is 71.7 Å². The number of carbonyl (C=O) groups excluding carboxylic acids is 1. The van der Waals surface area contributed by atoms with Crippen LogP contribution in [0, 0.1) is 17.2 Å². The average molecular weight is 795 g/mol. The highest BCUT2D eigenvalue weighted by molar-refractivity contribution is 7.44. The van der Waals surface area contributed by atoms with Crippen LogP contribution in [0.15, 0.2) is 17.1 Å². The van der Waals surface area contributed by atoms with Crippen molar-refractivity contribution in [3.63, 3.8) is 0 Å². The largest absolute Gasteiger partial charge is 0.414 e. The molecule has 2 aromatic heterocycles. The van der Waals surface area contributed by atoms with Gasteiger partial charge in [-0.15, -0.1) is 0 Å². The van der Waals surface area contributed by atoms with Crippen molar-refractivity contribution in [1.82, 2.24) is 19.2 Å². The number of hydrogen-bond acceptors (Lipinski definition) is 11. The number of fused-ring (bicyclic) bond motifs is 2. The Balaban J connectivity index is 1.95. The Morgan fingerprint density at radius 3 is 2.17 bits per heavy atom. The van der Waals surface area contributed by atoms with Gasteiger partial charge in [0.25, 0.3) is 14.1 Å². The monoisotopic (exact) mass is 794 g/mol. The highest BCUT2D eigenvalue weighted by atomic mass is 31.2. The number of aromatic amines is 1. The smallest absolute Gasteiger partial charge is 0.335 e. The van der Waals surface area contributed by atoms with Gasteiger partial charge in [-0.05, 0) is 55.9 Å². The van der Waals surface area contributed by atoms with E-state index in [2.05, 4.69) is 104 Å². The maximum absolute atomic E-state index is 13.4. The summed E-state index contributed by atoms with van der Waals surface area (Å²) in [4.78, 5) is 33.4. The van der Waals surface area contributed by atoms with E-state index in [1.54, 1.807) is 30.7 Å². The third kappa shape index (κ3) is 9.01. The maximum atomic E-state index is 13.4. The van der Waals surface area contributed by atoms with Crippen molar-refractivity contribution < 1.29 is 31.5 Å². The van der Waals surface area contributed by atoms with E-state index in [4.69, 9.17) is 31.7 Å². The first kappa shape index (κ1) is 43.7. The number of amides is 1. The summed E-state index contributed by atoms with van der Waals surface area (Å²) in [5.74, 6) is -0.556. The van der Waals surface area contributed by atoms with E-state index in [9.17, 15) is 14.9 Å². The summed E-state index contributed by atoms with van der Waals surface area (Å²) < 4.78 is 46.7. The second-order valence-corrected chi connectivity index (χ2v) is 26.5. The van der Waals surface area contributed by atoms with Crippen molar-refractivity contribution in [3.8, 4) is 6.07 Å². The summed E-state index contributed by atoms with van der Waals surface area (Å²) in [5, 5.41) is 12.5. The molecule has 298 valence electrons. The zero-order valence-corrected chi connectivity index (χ0v) is 37.0. The summed E-state index contributed by atoms with van der Waals surface area (Å²) in [5.41, 5.74) is 0.334. The fraction of sp³-hybridized carbons (Fsp3) is 0.778. The van der Waals surface area contributed by atoms with Crippen LogP contribution in [-0.4, -0.2) is 85.8 Å². The second kappa shape index (κ2) is 17.8. The van der Waals surface area contributed by atoms with Crippen molar-refractivity contribution >= 4 is 48.5 Å². The average Bonchev–Trinajstić information content (AvgIpc) is 3.61. The molecule has 5 atom stereocenters. The number of carbonyl (C=O) groups is 1. The molecule has 2 N–H and O–H groups in total. The lowest BCUT2D eigenvalue weighted by atomic mass is 10.1. The number of nitrogens with zero attached hydrogens (tertiary/aromatic N) is 4. The van der Waals surface area contributed by atoms with Crippen LogP contribution in [0.4, 0.5) is 5.95 Å². The Labute approximate surface area is 319 Å². The highest BCUT2D eigenvalue weighted by Gasteiger charge is 2.62. The lowest BCUT2D eigenvalue weighted by Crippen LogP contribution is -2.65. The fourth-order valence-corrected chi connectivity index (χ4v) is 20.4. The van der Waals surface area contributed by atoms with Gasteiger partial charge in [0.2, 0.25) is 11.9 Å². The van der Waals surface area contributed by atoms with E-state index >= 15 is 0 Å². The second-order valence-electron chi connectivity index (χ2n) is 16.3. The van der Waals surface area contributed by atoms with Crippen molar-refractivity contribution in [3.05, 3.63) is 22.6 Å². The molecule has 1 amide bonds. The predicted molar refractivity (Wildman–Crippen MR) is 212 cm³/mol. The summed E-state index contributed by atoms with van der Waals surface area (Å²) in [6.07, 6.45) is -0.857. The van der Waals surface area contributed by atoms with Crippen LogP contribution in [0.3, 0.4) is 0 Å². The highest BCUT2D eigenvalue weighted by Crippen LogP contribution is 2.54. The molecule has 0 aromatic carbocycles. The number of nitrogens with one attached hydrogen (secondary N) is 2. The summed E-state index contributed by atoms with van der Waals surface area (Å²) >= 11 is 0. The molecule has 1 unspecified atom stereocenters. The molecule has 2 fully saturated rings. The van der Waals surface area contributed by atoms with Gasteiger partial charge in [-0.25, -0.2) is 4.67 Å². The van der Waals surface area contributed by atoms with Crippen LogP contribution >= 0.6 is 8.53 Å². The van der Waals surface area contributed by atoms with E-state index in [0.29, 0.717) is 11.0 Å². The first-order chi connectivity index (χ1) is 24.8. The molecule has 0 saturated carbocycles. The Morgan fingerprint density at radius 1 is 1.04 bits per heavy atom. The quantitative estimate of drug-likeness (QED) is 0.103. The molecule has 2 aliphatic rings. The van der Waals surface area contributed by atoms with Crippen LogP contribution in [0.5, 0.6) is 0 Å². The predicted octanol–water partition coefficient (Wildman–Crippen LogP) is 7.83. The molecule has 53 heavy (non-hydrogen) atoms. The van der Waals surface area contributed by atoms with Crippen LogP contribution in [0.2, 0.25) is 22.2 Å². The molecule has 14 nitrogen and oxygen atoms in total. The topological polar surface area (TPSA) is 162 Å². The Kier molecular flexibility index (Phi) is 14.7. The molecule has 0 radical (unpaired) electrons. The number of H-pyrrole nitrogens is 1. The summed E-state index contributed by atoms with van der Waals surface area (Å²) in [6, 6.07) is 3.97. The van der Waals surface area contributed by atoms with Crippen molar-refractivity contribution in [2.24, 2.45) is 5.92 Å². The molecule has 0 spiro atoms. The van der Waals surface area contributed by atoms with Crippen LogP contribution in [0.25, 0.3) is 11.0 Å². The normalized spacial score (nSPS) is 23.8. The SMILES string of the molecule is CC(C)C(=O)Nc1nc2c(ccn2[C@@H]2O[C@@H]3CO[Si](C(C)C)(C(C)C)O[Si](C(C)C)(C(C)C)O[C@H]3[C@H]2OP(OCCC#N)N(C(C)C)C(C)C)c(=O)[nH]1. The third-order valence-corrected chi connectivity index (χ3v) is 22.5. The van der Waals surface area contributed by atoms with Gasteiger partial charge in [-0.1, -0.05) is 69.2 Å². The van der Waals surface area contributed by atoms with Crippen molar-refractivity contribution in [2.75, 3.05) is 18.5 Å². The number of anilines is 1. The Morgan fingerprint density at radius 2 is 1.64 bits per heavy atom. The van der Waals surface area contributed by atoms with Gasteiger partial charge in [0, 0.05) is 24.2 Å². The van der Waals surface area contributed by atoms with Crippen molar-refractivity contribution in [1.29, 1.82) is 5.26 Å². The van der Waals surface area contributed by atoms with E-state index in [1.165, 1.54) is 0 Å². The Hall–Kier alpha value is -2.04. The fourth-order valence-electron chi connectivity index (χ4n) is 7.43. The van der Waals surface area contributed by atoms with E-state index in [1.807, 2.05) is 0 Å². The first-order valence-corrected chi connectivity index (χ1v) is 24.2.